The quantitative estimate of drug-likeness (QED) is 0.855. The van der Waals surface area contributed by atoms with E-state index in [0.29, 0.717) is 24.7 Å². The van der Waals surface area contributed by atoms with Crippen molar-refractivity contribution in [2.45, 2.75) is 18.9 Å². The molecule has 0 saturated carbocycles. The van der Waals surface area contributed by atoms with Gasteiger partial charge in [-0.25, -0.2) is 0 Å². The van der Waals surface area contributed by atoms with Crippen molar-refractivity contribution in [2.24, 2.45) is 0 Å². The van der Waals surface area contributed by atoms with Crippen molar-refractivity contribution < 1.29 is 9.53 Å². The monoisotopic (exact) mass is 284 g/mol. The topological polar surface area (TPSA) is 68.2 Å². The molecule has 0 atom stereocenters. The number of carbonyl (C=O) groups is 1. The summed E-state index contributed by atoms with van der Waals surface area (Å²) >= 11 is 0. The Bertz CT molecular complexity index is 583. The lowest BCUT2D eigenvalue weighted by Gasteiger charge is -2.31. The number of piperidine rings is 1. The van der Waals surface area contributed by atoms with Crippen LogP contribution in [0.4, 0.5) is 0 Å². The Morgan fingerprint density at radius 2 is 2.00 bits per heavy atom. The fourth-order valence-corrected chi connectivity index (χ4v) is 2.35. The van der Waals surface area contributed by atoms with Crippen LogP contribution in [0.5, 0.6) is 5.88 Å². The maximum atomic E-state index is 12.3. The number of pyridine rings is 1. The molecule has 3 heterocycles. The number of nitrogens with zero attached hydrogens (tertiary/aromatic N) is 4. The number of carbonyl (C=O) groups excluding carboxylic acids is 1. The number of likely N-dealkylation sites (tertiary alicyclic amines) is 1. The Morgan fingerprint density at radius 3 is 2.67 bits per heavy atom. The first-order valence-electron chi connectivity index (χ1n) is 6.97. The Kier molecular flexibility index (Phi) is 4.04. The van der Waals surface area contributed by atoms with Crippen LogP contribution in [0.25, 0.3) is 0 Å². The number of hydrogen-bond donors (Lipinski definition) is 0. The molecule has 6 heteroatoms. The van der Waals surface area contributed by atoms with Gasteiger partial charge in [0.2, 0.25) is 5.88 Å². The molecule has 0 spiro atoms. The van der Waals surface area contributed by atoms with E-state index in [1.54, 1.807) is 36.7 Å². The molecule has 0 unspecified atom stereocenters. The number of aromatic nitrogens is 3. The predicted molar refractivity (Wildman–Crippen MR) is 75.8 cm³/mol. The molecule has 1 fully saturated rings. The average molecular weight is 284 g/mol. The fraction of sp³-hybridized carbons (Fsp3) is 0.333. The van der Waals surface area contributed by atoms with Crippen molar-refractivity contribution >= 4 is 5.91 Å². The summed E-state index contributed by atoms with van der Waals surface area (Å²) in [6, 6.07) is 8.95. The van der Waals surface area contributed by atoms with Gasteiger partial charge >= 0.3 is 0 Å². The SMILES string of the molecule is O=C(c1ccccn1)N1CCC(Oc2cccnn2)CC1. The van der Waals surface area contributed by atoms with E-state index >= 15 is 0 Å². The first kappa shape index (κ1) is 13.5. The summed E-state index contributed by atoms with van der Waals surface area (Å²) in [6.45, 7) is 1.33. The molecule has 1 amide bonds. The molecular weight excluding hydrogens is 268 g/mol. The molecule has 2 aromatic rings. The van der Waals surface area contributed by atoms with E-state index in [-0.39, 0.29) is 12.0 Å². The zero-order valence-corrected chi connectivity index (χ0v) is 11.6. The van der Waals surface area contributed by atoms with Gasteiger partial charge in [-0.15, -0.1) is 5.10 Å². The number of amides is 1. The van der Waals surface area contributed by atoms with Crippen molar-refractivity contribution in [1.29, 1.82) is 0 Å². The highest BCUT2D eigenvalue weighted by Gasteiger charge is 2.25. The van der Waals surface area contributed by atoms with Gasteiger partial charge in [0.1, 0.15) is 11.8 Å². The van der Waals surface area contributed by atoms with E-state index in [0.717, 1.165) is 12.8 Å². The lowest BCUT2D eigenvalue weighted by Crippen LogP contribution is -2.42. The zero-order valence-electron chi connectivity index (χ0n) is 11.6. The number of ether oxygens (including phenoxy) is 1. The zero-order chi connectivity index (χ0) is 14.5. The van der Waals surface area contributed by atoms with Gasteiger partial charge < -0.3 is 9.64 Å². The summed E-state index contributed by atoms with van der Waals surface area (Å²) in [6.07, 6.45) is 4.90. The van der Waals surface area contributed by atoms with Gasteiger partial charge in [0, 0.05) is 44.4 Å². The van der Waals surface area contributed by atoms with E-state index in [4.69, 9.17) is 4.74 Å². The lowest BCUT2D eigenvalue weighted by atomic mass is 10.1. The van der Waals surface area contributed by atoms with Crippen molar-refractivity contribution in [2.75, 3.05) is 13.1 Å². The molecule has 108 valence electrons. The normalized spacial score (nSPS) is 15.7. The van der Waals surface area contributed by atoms with E-state index in [1.807, 2.05) is 11.0 Å². The molecule has 3 rings (SSSR count). The van der Waals surface area contributed by atoms with E-state index in [2.05, 4.69) is 15.2 Å². The van der Waals surface area contributed by atoms with Crippen LogP contribution in [0, 0.1) is 0 Å². The first-order valence-corrected chi connectivity index (χ1v) is 6.97. The standard InChI is InChI=1S/C15H16N4O2/c20-15(13-4-1-2-8-16-13)19-10-6-12(7-11-19)21-14-5-3-9-17-18-14/h1-5,8-9,12H,6-7,10-11H2. The van der Waals surface area contributed by atoms with Crippen LogP contribution in [0.1, 0.15) is 23.3 Å². The molecule has 1 aliphatic heterocycles. The summed E-state index contributed by atoms with van der Waals surface area (Å²) in [4.78, 5) is 18.2. The fourth-order valence-electron chi connectivity index (χ4n) is 2.35. The molecule has 0 aliphatic carbocycles. The maximum absolute atomic E-state index is 12.3. The minimum Gasteiger partial charge on any atom is -0.473 e. The predicted octanol–water partition coefficient (Wildman–Crippen LogP) is 1.56. The highest BCUT2D eigenvalue weighted by Crippen LogP contribution is 2.17. The Morgan fingerprint density at radius 1 is 1.14 bits per heavy atom. The molecule has 0 radical (unpaired) electrons. The van der Waals surface area contributed by atoms with Crippen LogP contribution >= 0.6 is 0 Å². The van der Waals surface area contributed by atoms with Gasteiger partial charge in [0.05, 0.1) is 0 Å². The minimum absolute atomic E-state index is 0.0199. The van der Waals surface area contributed by atoms with Crippen molar-refractivity contribution in [3.63, 3.8) is 0 Å². The molecule has 1 saturated heterocycles. The molecule has 21 heavy (non-hydrogen) atoms. The average Bonchev–Trinajstić information content (AvgIpc) is 2.57. The molecule has 0 N–H and O–H groups in total. The summed E-state index contributed by atoms with van der Waals surface area (Å²) in [5.74, 6) is 0.514. The van der Waals surface area contributed by atoms with E-state index < -0.39 is 0 Å². The van der Waals surface area contributed by atoms with Gasteiger partial charge in [-0.2, -0.15) is 5.10 Å². The third kappa shape index (κ3) is 3.34. The van der Waals surface area contributed by atoms with Crippen LogP contribution in [-0.4, -0.2) is 45.2 Å². The third-order valence-electron chi connectivity index (χ3n) is 3.45. The first-order chi connectivity index (χ1) is 10.3. The molecule has 0 bridgehead atoms. The maximum Gasteiger partial charge on any atom is 0.272 e. The van der Waals surface area contributed by atoms with Crippen LogP contribution < -0.4 is 4.74 Å². The second kappa shape index (κ2) is 6.30. The summed E-state index contributed by atoms with van der Waals surface area (Å²) in [5.41, 5.74) is 0.491. The molecule has 2 aromatic heterocycles. The molecule has 6 nitrogen and oxygen atoms in total. The smallest absolute Gasteiger partial charge is 0.272 e. The Balaban J connectivity index is 1.54. The van der Waals surface area contributed by atoms with Crippen LogP contribution in [0.2, 0.25) is 0 Å². The summed E-state index contributed by atoms with van der Waals surface area (Å²) in [5, 5.41) is 7.70. The van der Waals surface area contributed by atoms with Crippen LogP contribution in [-0.2, 0) is 0 Å². The number of hydrogen-bond acceptors (Lipinski definition) is 5. The van der Waals surface area contributed by atoms with E-state index in [9.17, 15) is 4.79 Å². The molecule has 1 aliphatic rings. The largest absolute Gasteiger partial charge is 0.473 e. The third-order valence-corrected chi connectivity index (χ3v) is 3.45. The molecule has 0 aromatic carbocycles. The molecular formula is C15H16N4O2. The van der Waals surface area contributed by atoms with Crippen LogP contribution in [0.15, 0.2) is 42.7 Å². The second-order valence-electron chi connectivity index (χ2n) is 4.89. The highest BCUT2D eigenvalue weighted by molar-refractivity contribution is 5.92. The highest BCUT2D eigenvalue weighted by atomic mass is 16.5. The van der Waals surface area contributed by atoms with Gasteiger partial charge in [-0.1, -0.05) is 6.07 Å². The van der Waals surface area contributed by atoms with E-state index in [1.165, 1.54) is 0 Å². The summed E-state index contributed by atoms with van der Waals surface area (Å²) in [7, 11) is 0. The lowest BCUT2D eigenvalue weighted by molar-refractivity contribution is 0.0581. The van der Waals surface area contributed by atoms with Gasteiger partial charge in [0.15, 0.2) is 0 Å². The van der Waals surface area contributed by atoms with Crippen molar-refractivity contribution in [3.05, 3.63) is 48.4 Å². The summed E-state index contributed by atoms with van der Waals surface area (Å²) < 4.78 is 5.76. The minimum atomic E-state index is -0.0199. The van der Waals surface area contributed by atoms with Crippen molar-refractivity contribution in [1.82, 2.24) is 20.1 Å². The Hall–Kier alpha value is -2.50. The van der Waals surface area contributed by atoms with Gasteiger partial charge in [-0.05, 0) is 18.2 Å². The van der Waals surface area contributed by atoms with Gasteiger partial charge in [-0.3, -0.25) is 9.78 Å². The van der Waals surface area contributed by atoms with Gasteiger partial charge in [0.25, 0.3) is 5.91 Å². The van der Waals surface area contributed by atoms with Crippen molar-refractivity contribution in [3.8, 4) is 5.88 Å². The number of rotatable bonds is 3. The second-order valence-corrected chi connectivity index (χ2v) is 4.89. The Labute approximate surface area is 122 Å². The van der Waals surface area contributed by atoms with Crippen LogP contribution in [0.3, 0.4) is 0 Å².